The summed E-state index contributed by atoms with van der Waals surface area (Å²) in [5.41, 5.74) is 0. The lowest BCUT2D eigenvalue weighted by atomic mass is 10.2. The Labute approximate surface area is 83.7 Å². The van der Waals surface area contributed by atoms with Crippen molar-refractivity contribution in [3.05, 3.63) is 0 Å². The summed E-state index contributed by atoms with van der Waals surface area (Å²) in [7, 11) is 0. The van der Waals surface area contributed by atoms with Crippen molar-refractivity contribution in [3.63, 3.8) is 0 Å². The van der Waals surface area contributed by atoms with Crippen molar-refractivity contribution in [2.45, 2.75) is 40.0 Å². The molecule has 2 heteroatoms. The zero-order valence-corrected chi connectivity index (χ0v) is 9.60. The summed E-state index contributed by atoms with van der Waals surface area (Å²) in [5, 5.41) is 3.35. The van der Waals surface area contributed by atoms with Crippen LogP contribution < -0.4 is 5.32 Å². The van der Waals surface area contributed by atoms with Crippen LogP contribution in [0.5, 0.6) is 0 Å². The summed E-state index contributed by atoms with van der Waals surface area (Å²) in [6.07, 6.45) is 3.93. The summed E-state index contributed by atoms with van der Waals surface area (Å²) in [6, 6.07) is 0. The summed E-state index contributed by atoms with van der Waals surface area (Å²) in [4.78, 5) is 2.53. The Bertz CT molecular complexity index is 94.1. The second kappa shape index (κ2) is 10.0. The zero-order valence-electron chi connectivity index (χ0n) is 9.60. The summed E-state index contributed by atoms with van der Waals surface area (Å²) < 4.78 is 0. The molecule has 0 aliphatic carbocycles. The van der Waals surface area contributed by atoms with E-state index in [2.05, 4.69) is 31.0 Å². The van der Waals surface area contributed by atoms with E-state index in [-0.39, 0.29) is 0 Å². The number of hydrogen-bond donors (Lipinski definition) is 1. The van der Waals surface area contributed by atoms with Gasteiger partial charge in [0.15, 0.2) is 0 Å². The molecule has 0 bridgehead atoms. The molecule has 1 N–H and O–H groups in total. The van der Waals surface area contributed by atoms with E-state index in [1.165, 1.54) is 45.4 Å². The highest BCUT2D eigenvalue weighted by Crippen LogP contribution is 1.95. The third-order valence-electron chi connectivity index (χ3n) is 2.31. The van der Waals surface area contributed by atoms with Crippen molar-refractivity contribution < 1.29 is 0 Å². The highest BCUT2D eigenvalue weighted by Gasteiger charge is 1.98. The summed E-state index contributed by atoms with van der Waals surface area (Å²) >= 11 is 0. The Morgan fingerprint density at radius 1 is 1.00 bits per heavy atom. The maximum atomic E-state index is 3.35. The van der Waals surface area contributed by atoms with Crippen molar-refractivity contribution in [3.8, 4) is 0 Å². The third kappa shape index (κ3) is 8.26. The molecule has 0 aromatic carbocycles. The second-order valence-electron chi connectivity index (χ2n) is 3.49. The van der Waals surface area contributed by atoms with Crippen molar-refractivity contribution in [2.24, 2.45) is 0 Å². The smallest absolute Gasteiger partial charge is 0.00184 e. The van der Waals surface area contributed by atoms with Crippen LogP contribution in [-0.2, 0) is 0 Å². The average molecular weight is 186 g/mol. The molecule has 0 heterocycles. The number of rotatable bonds is 9. The van der Waals surface area contributed by atoms with Crippen LogP contribution in [-0.4, -0.2) is 37.6 Å². The maximum Gasteiger partial charge on any atom is -0.00184 e. The first kappa shape index (κ1) is 12.9. The molecular weight excluding hydrogens is 160 g/mol. The first-order valence-corrected chi connectivity index (χ1v) is 5.78. The van der Waals surface area contributed by atoms with Gasteiger partial charge in [-0.3, -0.25) is 0 Å². The van der Waals surface area contributed by atoms with Gasteiger partial charge in [0.25, 0.3) is 0 Å². The fourth-order valence-corrected chi connectivity index (χ4v) is 1.51. The molecule has 0 aliphatic rings. The Morgan fingerprint density at radius 2 is 1.77 bits per heavy atom. The minimum Gasteiger partial charge on any atom is -0.317 e. The topological polar surface area (TPSA) is 15.3 Å². The van der Waals surface area contributed by atoms with Crippen LogP contribution in [0.2, 0.25) is 0 Å². The van der Waals surface area contributed by atoms with E-state index in [9.17, 15) is 0 Å². The van der Waals surface area contributed by atoms with Gasteiger partial charge in [0.2, 0.25) is 0 Å². The summed E-state index contributed by atoms with van der Waals surface area (Å²) in [6.45, 7) is 12.7. The van der Waals surface area contributed by atoms with Crippen molar-refractivity contribution in [1.29, 1.82) is 0 Å². The molecule has 0 radical (unpaired) electrons. The van der Waals surface area contributed by atoms with Crippen molar-refractivity contribution in [1.82, 2.24) is 10.2 Å². The van der Waals surface area contributed by atoms with Crippen LogP contribution in [0.1, 0.15) is 40.0 Å². The molecule has 80 valence electrons. The molecule has 0 spiro atoms. The molecule has 0 aromatic heterocycles. The van der Waals surface area contributed by atoms with Gasteiger partial charge in [0.1, 0.15) is 0 Å². The van der Waals surface area contributed by atoms with Gasteiger partial charge in [-0.2, -0.15) is 0 Å². The Morgan fingerprint density at radius 3 is 2.31 bits per heavy atom. The number of unbranched alkanes of at least 4 members (excludes halogenated alkanes) is 1. The van der Waals surface area contributed by atoms with Gasteiger partial charge >= 0.3 is 0 Å². The van der Waals surface area contributed by atoms with E-state index < -0.39 is 0 Å². The highest BCUT2D eigenvalue weighted by atomic mass is 15.1. The molecule has 0 aliphatic heterocycles. The molecule has 0 amide bonds. The fraction of sp³-hybridized carbons (Fsp3) is 1.00. The predicted octanol–water partition coefficient (Wildman–Crippen LogP) is 2.11. The molecule has 2 nitrogen and oxygen atoms in total. The first-order chi connectivity index (χ1) is 6.35. The van der Waals surface area contributed by atoms with Gasteiger partial charge in [-0.25, -0.2) is 0 Å². The SMILES string of the molecule is CCCN(CC)CCCCNCC. The first-order valence-electron chi connectivity index (χ1n) is 5.78. The molecule has 0 saturated heterocycles. The van der Waals surface area contributed by atoms with Crippen LogP contribution in [0, 0.1) is 0 Å². The minimum atomic E-state index is 1.10. The van der Waals surface area contributed by atoms with Gasteiger partial charge in [-0.15, -0.1) is 0 Å². The lowest BCUT2D eigenvalue weighted by Crippen LogP contribution is -2.26. The van der Waals surface area contributed by atoms with Gasteiger partial charge in [-0.05, 0) is 52.0 Å². The number of nitrogens with zero attached hydrogens (tertiary/aromatic N) is 1. The maximum absolute atomic E-state index is 3.35. The number of hydrogen-bond acceptors (Lipinski definition) is 2. The van der Waals surface area contributed by atoms with Crippen LogP contribution in [0.15, 0.2) is 0 Å². The van der Waals surface area contributed by atoms with E-state index in [1.807, 2.05) is 0 Å². The van der Waals surface area contributed by atoms with E-state index in [1.54, 1.807) is 0 Å². The molecule has 0 saturated carbocycles. The minimum absolute atomic E-state index is 1.10. The molecule has 0 aromatic rings. The summed E-state index contributed by atoms with van der Waals surface area (Å²) in [5.74, 6) is 0. The average Bonchev–Trinajstić information content (AvgIpc) is 2.16. The molecule has 0 atom stereocenters. The Kier molecular flexibility index (Phi) is 9.94. The molecule has 13 heavy (non-hydrogen) atoms. The quantitative estimate of drug-likeness (QED) is 0.555. The third-order valence-corrected chi connectivity index (χ3v) is 2.31. The fourth-order valence-electron chi connectivity index (χ4n) is 1.51. The predicted molar refractivity (Wildman–Crippen MR) is 60.2 cm³/mol. The Hall–Kier alpha value is -0.0800. The second-order valence-corrected chi connectivity index (χ2v) is 3.49. The Balaban J connectivity index is 3.17. The van der Waals surface area contributed by atoms with Crippen LogP contribution in [0.4, 0.5) is 0 Å². The standard InChI is InChI=1S/C11H26N2/c1-4-10-13(6-3)11-8-7-9-12-5-2/h12H,4-11H2,1-3H3. The van der Waals surface area contributed by atoms with Gasteiger partial charge in [0.05, 0.1) is 0 Å². The van der Waals surface area contributed by atoms with Gasteiger partial charge < -0.3 is 10.2 Å². The lowest BCUT2D eigenvalue weighted by molar-refractivity contribution is 0.282. The van der Waals surface area contributed by atoms with Gasteiger partial charge in [0, 0.05) is 0 Å². The molecular formula is C11H26N2. The van der Waals surface area contributed by atoms with Crippen LogP contribution in [0.25, 0.3) is 0 Å². The van der Waals surface area contributed by atoms with E-state index in [4.69, 9.17) is 0 Å². The van der Waals surface area contributed by atoms with Crippen LogP contribution >= 0.6 is 0 Å². The van der Waals surface area contributed by atoms with Crippen LogP contribution in [0.3, 0.4) is 0 Å². The number of nitrogens with one attached hydrogen (secondary N) is 1. The normalized spacial score (nSPS) is 11.1. The zero-order chi connectivity index (χ0) is 9.94. The van der Waals surface area contributed by atoms with E-state index >= 15 is 0 Å². The van der Waals surface area contributed by atoms with Crippen molar-refractivity contribution in [2.75, 3.05) is 32.7 Å². The lowest BCUT2D eigenvalue weighted by Gasteiger charge is -2.19. The van der Waals surface area contributed by atoms with Gasteiger partial charge in [-0.1, -0.05) is 20.8 Å². The van der Waals surface area contributed by atoms with E-state index in [0.29, 0.717) is 0 Å². The highest BCUT2D eigenvalue weighted by molar-refractivity contribution is 4.55. The van der Waals surface area contributed by atoms with Crippen molar-refractivity contribution >= 4 is 0 Å². The largest absolute Gasteiger partial charge is 0.317 e. The monoisotopic (exact) mass is 186 g/mol. The molecule has 0 rings (SSSR count). The van der Waals surface area contributed by atoms with E-state index in [0.717, 1.165) is 6.54 Å². The molecule has 0 unspecified atom stereocenters. The molecule has 0 fully saturated rings.